The molecule has 140 valence electrons. The van der Waals surface area contributed by atoms with Gasteiger partial charge in [0.05, 0.1) is 5.69 Å². The van der Waals surface area contributed by atoms with Gasteiger partial charge in [-0.25, -0.2) is 4.98 Å². The fourth-order valence-electron chi connectivity index (χ4n) is 3.36. The van der Waals surface area contributed by atoms with Crippen molar-refractivity contribution in [3.63, 3.8) is 0 Å². The largest absolute Gasteiger partial charge is 0.288 e. The average molecular weight is 417 g/mol. The predicted octanol–water partition coefficient (Wildman–Crippen LogP) is 5.28. The van der Waals surface area contributed by atoms with Gasteiger partial charge in [-0.3, -0.25) is 14.2 Å². The smallest absolute Gasteiger partial charge is 0.271 e. The summed E-state index contributed by atoms with van der Waals surface area (Å²) in [4.78, 5) is 31.9. The van der Waals surface area contributed by atoms with Crippen molar-refractivity contribution in [1.29, 1.82) is 0 Å². The molecule has 4 nitrogen and oxygen atoms in total. The molecule has 0 amide bonds. The monoisotopic (exact) mass is 416 g/mol. The van der Waals surface area contributed by atoms with E-state index in [9.17, 15) is 9.59 Å². The molecule has 0 unspecified atom stereocenters. The Morgan fingerprint density at radius 3 is 2.28 bits per heavy atom. The molecule has 29 heavy (non-hydrogen) atoms. The van der Waals surface area contributed by atoms with Gasteiger partial charge in [0.25, 0.3) is 5.56 Å². The lowest BCUT2D eigenvalue weighted by Gasteiger charge is -2.14. The van der Waals surface area contributed by atoms with Crippen molar-refractivity contribution >= 4 is 43.2 Å². The molecule has 0 spiro atoms. The van der Waals surface area contributed by atoms with Crippen LogP contribution in [-0.4, -0.2) is 9.55 Å². The Balaban J connectivity index is 1.97. The number of rotatable bonds is 2. The molecule has 2 aromatic heterocycles. The molecule has 5 rings (SSSR count). The van der Waals surface area contributed by atoms with E-state index >= 15 is 0 Å². The van der Waals surface area contributed by atoms with Crippen molar-refractivity contribution in [2.45, 2.75) is 0 Å². The summed E-state index contributed by atoms with van der Waals surface area (Å²) in [7, 11) is 0. The summed E-state index contributed by atoms with van der Waals surface area (Å²) < 4.78 is 2.30. The van der Waals surface area contributed by atoms with Crippen LogP contribution in [0.25, 0.3) is 37.4 Å². The Hall–Kier alpha value is -3.28. The van der Waals surface area contributed by atoms with E-state index in [4.69, 9.17) is 16.6 Å². The van der Waals surface area contributed by atoms with Gasteiger partial charge in [-0.05, 0) is 48.5 Å². The number of aromatic nitrogens is 2. The van der Waals surface area contributed by atoms with Crippen LogP contribution in [0.1, 0.15) is 0 Å². The van der Waals surface area contributed by atoms with Gasteiger partial charge in [0, 0.05) is 20.7 Å². The first-order valence-corrected chi connectivity index (χ1v) is 10.1. The third-order valence-corrected chi connectivity index (χ3v) is 6.05. The molecule has 0 fully saturated rings. The predicted molar refractivity (Wildman–Crippen MR) is 119 cm³/mol. The molecule has 0 N–H and O–H groups in total. The summed E-state index contributed by atoms with van der Waals surface area (Å²) in [6, 6.07) is 23.6. The third kappa shape index (κ3) is 2.95. The van der Waals surface area contributed by atoms with Gasteiger partial charge in [0.15, 0.2) is 0 Å². The number of nitrogens with zero attached hydrogens (tertiary/aromatic N) is 2. The Morgan fingerprint density at radius 2 is 1.52 bits per heavy atom. The van der Waals surface area contributed by atoms with Crippen molar-refractivity contribution in [1.82, 2.24) is 9.55 Å². The molecule has 6 heteroatoms. The second-order valence-electron chi connectivity index (χ2n) is 6.53. The standard InChI is InChI=1S/C23H13ClN2O2S/c24-15-12-10-14(11-13-15)21-25-22-19(20(27)17-8-4-5-9-18(17)29-22)23(28)26(21)16-6-2-1-3-7-16/h1-13H. The number of hydrogen-bond donors (Lipinski definition) is 0. The summed E-state index contributed by atoms with van der Waals surface area (Å²) in [6.45, 7) is 0. The van der Waals surface area contributed by atoms with E-state index in [1.165, 1.54) is 15.9 Å². The van der Waals surface area contributed by atoms with Gasteiger partial charge < -0.3 is 0 Å². The minimum atomic E-state index is -0.377. The second-order valence-corrected chi connectivity index (χ2v) is 7.99. The average Bonchev–Trinajstić information content (AvgIpc) is 2.75. The number of fused-ring (bicyclic) bond motifs is 2. The first-order valence-electron chi connectivity index (χ1n) is 8.93. The number of hydrogen-bond acceptors (Lipinski definition) is 4. The molecule has 2 heterocycles. The van der Waals surface area contributed by atoms with Gasteiger partial charge in [-0.2, -0.15) is 0 Å². The van der Waals surface area contributed by atoms with Crippen LogP contribution >= 0.6 is 22.9 Å². The molecule has 0 atom stereocenters. The highest BCUT2D eigenvalue weighted by molar-refractivity contribution is 7.24. The summed E-state index contributed by atoms with van der Waals surface area (Å²) in [5.41, 5.74) is 0.719. The van der Waals surface area contributed by atoms with E-state index in [-0.39, 0.29) is 16.4 Å². The van der Waals surface area contributed by atoms with E-state index < -0.39 is 0 Å². The van der Waals surface area contributed by atoms with E-state index in [1.54, 1.807) is 24.3 Å². The molecule has 0 bridgehead atoms. The fourth-order valence-corrected chi connectivity index (χ4v) is 4.53. The van der Waals surface area contributed by atoms with Gasteiger partial charge in [-0.15, -0.1) is 11.3 Å². The van der Waals surface area contributed by atoms with Crippen LogP contribution in [0.5, 0.6) is 0 Å². The van der Waals surface area contributed by atoms with E-state index in [0.717, 1.165) is 10.3 Å². The highest BCUT2D eigenvalue weighted by Gasteiger charge is 2.18. The van der Waals surface area contributed by atoms with Crippen molar-refractivity contribution in [3.05, 3.63) is 104 Å². The highest BCUT2D eigenvalue weighted by atomic mass is 35.5. The zero-order valence-corrected chi connectivity index (χ0v) is 16.6. The maximum atomic E-state index is 13.6. The minimum absolute atomic E-state index is 0.107. The van der Waals surface area contributed by atoms with Crippen molar-refractivity contribution < 1.29 is 0 Å². The van der Waals surface area contributed by atoms with Crippen LogP contribution in [0, 0.1) is 0 Å². The maximum absolute atomic E-state index is 13.6. The molecule has 0 saturated carbocycles. The quantitative estimate of drug-likeness (QED) is 0.368. The highest BCUT2D eigenvalue weighted by Crippen LogP contribution is 2.27. The third-order valence-electron chi connectivity index (χ3n) is 4.73. The Morgan fingerprint density at radius 1 is 0.828 bits per heavy atom. The van der Waals surface area contributed by atoms with Crippen LogP contribution in [0.2, 0.25) is 5.02 Å². The lowest BCUT2D eigenvalue weighted by atomic mass is 10.1. The fraction of sp³-hybridized carbons (Fsp3) is 0. The Labute approximate surface area is 174 Å². The molecule has 5 aromatic rings. The zero-order chi connectivity index (χ0) is 20.0. The summed E-state index contributed by atoms with van der Waals surface area (Å²) in [5, 5.41) is 1.23. The van der Waals surface area contributed by atoms with Crippen LogP contribution in [-0.2, 0) is 0 Å². The van der Waals surface area contributed by atoms with Crippen molar-refractivity contribution in [3.8, 4) is 17.1 Å². The van der Waals surface area contributed by atoms with Gasteiger partial charge in [0.2, 0.25) is 5.43 Å². The summed E-state index contributed by atoms with van der Waals surface area (Å²) in [5.74, 6) is 0.469. The Kier molecular flexibility index (Phi) is 4.27. The zero-order valence-electron chi connectivity index (χ0n) is 15.0. The second kappa shape index (κ2) is 6.95. The topological polar surface area (TPSA) is 52.0 Å². The lowest BCUT2D eigenvalue weighted by molar-refractivity contribution is 0.977. The summed E-state index contributed by atoms with van der Waals surface area (Å²) >= 11 is 7.39. The van der Waals surface area contributed by atoms with Crippen molar-refractivity contribution in [2.75, 3.05) is 0 Å². The lowest BCUT2D eigenvalue weighted by Crippen LogP contribution is -2.26. The minimum Gasteiger partial charge on any atom is -0.288 e. The molecule has 0 aliphatic heterocycles. The van der Waals surface area contributed by atoms with Crippen molar-refractivity contribution in [2.24, 2.45) is 0 Å². The number of benzene rings is 3. The first kappa shape index (κ1) is 17.8. The van der Waals surface area contributed by atoms with Gasteiger partial charge in [0.1, 0.15) is 16.0 Å². The molecule has 0 aliphatic carbocycles. The Bertz CT molecular complexity index is 1490. The molecule has 0 aliphatic rings. The van der Waals surface area contributed by atoms with Crippen LogP contribution in [0.15, 0.2) is 88.5 Å². The summed E-state index contributed by atoms with van der Waals surface area (Å²) in [6.07, 6.45) is 0. The van der Waals surface area contributed by atoms with Gasteiger partial charge >= 0.3 is 0 Å². The molecule has 0 saturated heterocycles. The molecule has 3 aromatic carbocycles. The van der Waals surface area contributed by atoms with E-state index in [2.05, 4.69) is 0 Å². The van der Waals surface area contributed by atoms with Gasteiger partial charge in [-0.1, -0.05) is 41.9 Å². The molecule has 0 radical (unpaired) electrons. The molecular weight excluding hydrogens is 404 g/mol. The first-order chi connectivity index (χ1) is 14.1. The SMILES string of the molecule is O=c1c2ccccc2sc2nc(-c3ccc(Cl)cc3)n(-c3ccccc3)c(=O)c12. The number of para-hydroxylation sites is 1. The van der Waals surface area contributed by atoms with Crippen LogP contribution in [0.4, 0.5) is 0 Å². The maximum Gasteiger partial charge on any atom is 0.271 e. The van der Waals surface area contributed by atoms with E-state index in [1.807, 2.05) is 54.6 Å². The molecular formula is C23H13ClN2O2S. The number of halogens is 1. The van der Waals surface area contributed by atoms with Crippen LogP contribution in [0.3, 0.4) is 0 Å². The van der Waals surface area contributed by atoms with Crippen LogP contribution < -0.4 is 11.0 Å². The normalized spacial score (nSPS) is 11.2. The van der Waals surface area contributed by atoms with E-state index in [0.29, 0.717) is 26.8 Å².